The SMILES string of the molecule is CCNC(=O)c1ccc(CN2C(=O)C(C)=C(c3ccc(C)c(C)c3)S2(=O)=O)cc1. The largest absolute Gasteiger partial charge is 0.352 e. The summed E-state index contributed by atoms with van der Waals surface area (Å²) in [7, 11) is -3.96. The lowest BCUT2D eigenvalue weighted by Gasteiger charge is -2.17. The summed E-state index contributed by atoms with van der Waals surface area (Å²) in [6.45, 7) is 7.68. The molecule has 1 N–H and O–H groups in total. The number of hydrogen-bond acceptors (Lipinski definition) is 4. The van der Waals surface area contributed by atoms with Gasteiger partial charge in [0.25, 0.3) is 21.8 Å². The summed E-state index contributed by atoms with van der Waals surface area (Å²) in [6.07, 6.45) is 0. The van der Waals surface area contributed by atoms with E-state index in [0.717, 1.165) is 15.4 Å². The third-order valence-corrected chi connectivity index (χ3v) is 7.02. The van der Waals surface area contributed by atoms with Gasteiger partial charge < -0.3 is 5.32 Å². The van der Waals surface area contributed by atoms with Gasteiger partial charge in [0.15, 0.2) is 0 Å². The lowest BCUT2D eigenvalue weighted by Crippen LogP contribution is -2.31. The van der Waals surface area contributed by atoms with Gasteiger partial charge in [0.2, 0.25) is 0 Å². The highest BCUT2D eigenvalue weighted by Gasteiger charge is 2.42. The Morgan fingerprint density at radius 3 is 2.24 bits per heavy atom. The molecule has 0 fully saturated rings. The van der Waals surface area contributed by atoms with E-state index in [1.165, 1.54) is 0 Å². The first-order valence-electron chi connectivity index (χ1n) is 9.39. The average molecular weight is 413 g/mol. The quantitative estimate of drug-likeness (QED) is 0.818. The molecule has 0 radical (unpaired) electrons. The van der Waals surface area contributed by atoms with E-state index in [1.807, 2.05) is 26.8 Å². The van der Waals surface area contributed by atoms with E-state index in [0.29, 0.717) is 23.2 Å². The van der Waals surface area contributed by atoms with Crippen LogP contribution in [0.3, 0.4) is 0 Å². The van der Waals surface area contributed by atoms with E-state index in [4.69, 9.17) is 0 Å². The Morgan fingerprint density at radius 1 is 1.00 bits per heavy atom. The summed E-state index contributed by atoms with van der Waals surface area (Å²) in [5.41, 5.74) is 3.86. The molecule has 0 unspecified atom stereocenters. The predicted octanol–water partition coefficient (Wildman–Crippen LogP) is 3.16. The zero-order valence-corrected chi connectivity index (χ0v) is 17.8. The van der Waals surface area contributed by atoms with Crippen LogP contribution in [0.2, 0.25) is 0 Å². The van der Waals surface area contributed by atoms with Crippen molar-refractivity contribution in [2.75, 3.05) is 6.54 Å². The average Bonchev–Trinajstić information content (AvgIpc) is 2.84. The minimum absolute atomic E-state index is 0.0598. The highest BCUT2D eigenvalue weighted by Crippen LogP contribution is 2.37. The Hall–Kier alpha value is -2.93. The van der Waals surface area contributed by atoms with Crippen LogP contribution in [0.5, 0.6) is 0 Å². The van der Waals surface area contributed by atoms with Gasteiger partial charge in [0.1, 0.15) is 4.91 Å². The molecular formula is C22H24N2O4S. The van der Waals surface area contributed by atoms with Crippen LogP contribution in [0.1, 0.15) is 46.5 Å². The molecule has 3 rings (SSSR count). The molecule has 0 saturated heterocycles. The van der Waals surface area contributed by atoms with E-state index in [2.05, 4.69) is 5.32 Å². The number of nitrogens with one attached hydrogen (secondary N) is 1. The Balaban J connectivity index is 1.90. The number of hydrogen-bond donors (Lipinski definition) is 1. The van der Waals surface area contributed by atoms with E-state index in [1.54, 1.807) is 43.3 Å². The van der Waals surface area contributed by atoms with Crippen LogP contribution in [-0.4, -0.2) is 31.1 Å². The summed E-state index contributed by atoms with van der Waals surface area (Å²) in [4.78, 5) is 24.7. The molecule has 7 heteroatoms. The molecule has 0 bridgehead atoms. The standard InChI is InChI=1S/C22H24N2O4S/c1-5-23-21(25)18-10-7-17(8-11-18)13-24-22(26)16(4)20(29(24,27)28)19-9-6-14(2)15(3)12-19/h6-12H,5,13H2,1-4H3,(H,23,25). The third-order valence-electron chi connectivity index (χ3n) is 5.08. The Morgan fingerprint density at radius 2 is 1.66 bits per heavy atom. The number of nitrogens with zero attached hydrogens (tertiary/aromatic N) is 1. The van der Waals surface area contributed by atoms with E-state index in [9.17, 15) is 18.0 Å². The van der Waals surface area contributed by atoms with Gasteiger partial charge in [-0.15, -0.1) is 0 Å². The zero-order valence-electron chi connectivity index (χ0n) is 16.9. The molecule has 1 aliphatic heterocycles. The first kappa shape index (κ1) is 20.8. The minimum Gasteiger partial charge on any atom is -0.352 e. The highest BCUT2D eigenvalue weighted by atomic mass is 32.2. The summed E-state index contributed by atoms with van der Waals surface area (Å²) in [5, 5.41) is 2.71. The monoisotopic (exact) mass is 412 g/mol. The normalized spacial score (nSPS) is 15.7. The fraction of sp³-hybridized carbons (Fsp3) is 0.273. The van der Waals surface area contributed by atoms with Crippen LogP contribution in [0.15, 0.2) is 48.0 Å². The molecule has 1 aliphatic rings. The van der Waals surface area contributed by atoms with Crippen molar-refractivity contribution in [3.8, 4) is 0 Å². The van der Waals surface area contributed by atoms with Crippen molar-refractivity contribution in [2.45, 2.75) is 34.2 Å². The number of carbonyl (C=O) groups excluding carboxylic acids is 2. The summed E-state index contributed by atoms with van der Waals surface area (Å²) in [6, 6.07) is 12.0. The van der Waals surface area contributed by atoms with Crippen molar-refractivity contribution in [3.05, 3.63) is 75.9 Å². The summed E-state index contributed by atoms with van der Waals surface area (Å²) in [5.74, 6) is -0.718. The molecule has 1 heterocycles. The maximum Gasteiger partial charge on any atom is 0.268 e. The number of carbonyl (C=O) groups is 2. The topological polar surface area (TPSA) is 83.6 Å². The molecule has 0 saturated carbocycles. The molecule has 0 atom stereocenters. The molecule has 29 heavy (non-hydrogen) atoms. The van der Waals surface area contributed by atoms with Crippen molar-refractivity contribution in [3.63, 3.8) is 0 Å². The van der Waals surface area contributed by atoms with E-state index >= 15 is 0 Å². The number of sulfonamides is 1. The second-order valence-corrected chi connectivity index (χ2v) is 8.93. The smallest absolute Gasteiger partial charge is 0.268 e. The second kappa shape index (κ2) is 7.83. The van der Waals surface area contributed by atoms with E-state index in [-0.39, 0.29) is 22.9 Å². The van der Waals surface area contributed by atoms with Crippen LogP contribution < -0.4 is 5.32 Å². The predicted molar refractivity (Wildman–Crippen MR) is 112 cm³/mol. The highest BCUT2D eigenvalue weighted by molar-refractivity contribution is 7.99. The van der Waals surface area contributed by atoms with Gasteiger partial charge in [-0.1, -0.05) is 30.3 Å². The Labute approximate surface area is 171 Å². The number of benzene rings is 2. The number of aryl methyl sites for hydroxylation is 2. The van der Waals surface area contributed by atoms with Crippen molar-refractivity contribution in [2.24, 2.45) is 0 Å². The molecule has 2 aromatic rings. The van der Waals surface area contributed by atoms with Crippen molar-refractivity contribution < 1.29 is 18.0 Å². The zero-order chi connectivity index (χ0) is 21.3. The van der Waals surface area contributed by atoms with Crippen molar-refractivity contribution in [1.29, 1.82) is 0 Å². The van der Waals surface area contributed by atoms with Gasteiger partial charge in [-0.25, -0.2) is 12.7 Å². The second-order valence-electron chi connectivity index (χ2n) is 7.13. The lowest BCUT2D eigenvalue weighted by atomic mass is 10.0. The molecule has 0 aromatic heterocycles. The van der Waals surface area contributed by atoms with Crippen LogP contribution in [0.4, 0.5) is 0 Å². The van der Waals surface area contributed by atoms with Crippen LogP contribution >= 0.6 is 0 Å². The van der Waals surface area contributed by atoms with Crippen LogP contribution in [0.25, 0.3) is 4.91 Å². The molecule has 2 amide bonds. The number of rotatable bonds is 5. The van der Waals surface area contributed by atoms with Crippen LogP contribution in [-0.2, 0) is 21.4 Å². The molecule has 6 nitrogen and oxygen atoms in total. The third kappa shape index (κ3) is 3.82. The molecule has 0 aliphatic carbocycles. The van der Waals surface area contributed by atoms with Gasteiger partial charge in [-0.2, -0.15) is 0 Å². The van der Waals surface area contributed by atoms with Gasteiger partial charge in [0.05, 0.1) is 6.54 Å². The molecule has 2 aromatic carbocycles. The van der Waals surface area contributed by atoms with Gasteiger partial charge in [0, 0.05) is 17.7 Å². The van der Waals surface area contributed by atoms with Gasteiger partial charge in [-0.05, 0) is 62.1 Å². The minimum atomic E-state index is -3.96. The fourth-order valence-electron chi connectivity index (χ4n) is 3.29. The van der Waals surface area contributed by atoms with Gasteiger partial charge in [-0.3, -0.25) is 9.59 Å². The summed E-state index contributed by atoms with van der Waals surface area (Å²) < 4.78 is 27.2. The van der Waals surface area contributed by atoms with Crippen LogP contribution in [0, 0.1) is 13.8 Å². The first-order chi connectivity index (χ1) is 13.7. The Bertz CT molecular complexity index is 1120. The lowest BCUT2D eigenvalue weighted by molar-refractivity contribution is -0.122. The maximum absolute atomic E-state index is 13.2. The number of amides is 2. The molecule has 152 valence electrons. The molecular weight excluding hydrogens is 388 g/mol. The Kier molecular flexibility index (Phi) is 5.61. The van der Waals surface area contributed by atoms with E-state index < -0.39 is 15.9 Å². The van der Waals surface area contributed by atoms with Crippen molar-refractivity contribution >= 4 is 26.7 Å². The maximum atomic E-state index is 13.2. The van der Waals surface area contributed by atoms with Gasteiger partial charge >= 0.3 is 0 Å². The first-order valence-corrected chi connectivity index (χ1v) is 10.8. The van der Waals surface area contributed by atoms with Crippen molar-refractivity contribution in [1.82, 2.24) is 9.62 Å². The summed E-state index contributed by atoms with van der Waals surface area (Å²) >= 11 is 0. The fourth-order valence-corrected chi connectivity index (χ4v) is 5.09. The molecule has 0 spiro atoms.